The highest BCUT2D eigenvalue weighted by Crippen LogP contribution is 2.51. The van der Waals surface area contributed by atoms with Gasteiger partial charge >= 0.3 is 0 Å². The van der Waals surface area contributed by atoms with E-state index in [0.717, 1.165) is 21.9 Å². The van der Waals surface area contributed by atoms with Crippen molar-refractivity contribution in [2.24, 2.45) is 0 Å². The molecule has 0 amide bonds. The molecule has 5 aromatic rings. The standard InChI is InChI=1S/C23H12Cl2S/c24-17-10-12-9-13-11-18(25)22-16-7-3-4-8-19(16)26-23(22)21(13)20(12)15-6-2-1-5-14(15)17/h1-8,10-11H,9H2. The normalized spacial score (nSPS) is 12.8. The molecule has 0 N–H and O–H groups in total. The first-order valence-electron chi connectivity index (χ1n) is 8.55. The van der Waals surface area contributed by atoms with Crippen LogP contribution >= 0.6 is 34.5 Å². The second-order valence-corrected chi connectivity index (χ2v) is 8.68. The monoisotopic (exact) mass is 390 g/mol. The maximum Gasteiger partial charge on any atom is 0.0502 e. The quantitative estimate of drug-likeness (QED) is 0.245. The van der Waals surface area contributed by atoms with Gasteiger partial charge in [0.05, 0.1) is 5.02 Å². The lowest BCUT2D eigenvalue weighted by Gasteiger charge is -2.10. The zero-order valence-corrected chi connectivity index (χ0v) is 16.0. The molecule has 0 saturated heterocycles. The zero-order chi connectivity index (χ0) is 17.4. The van der Waals surface area contributed by atoms with Crippen molar-refractivity contribution in [1.29, 1.82) is 0 Å². The summed E-state index contributed by atoms with van der Waals surface area (Å²) in [6, 6.07) is 21.2. The molecule has 3 heteroatoms. The summed E-state index contributed by atoms with van der Waals surface area (Å²) in [5.74, 6) is 0. The molecule has 1 aromatic heterocycles. The van der Waals surface area contributed by atoms with E-state index in [2.05, 4.69) is 54.6 Å². The van der Waals surface area contributed by atoms with Crippen LogP contribution in [0.1, 0.15) is 11.1 Å². The van der Waals surface area contributed by atoms with Gasteiger partial charge in [0.2, 0.25) is 0 Å². The first-order chi connectivity index (χ1) is 12.7. The smallest absolute Gasteiger partial charge is 0.0502 e. The third-order valence-corrected chi connectivity index (χ3v) is 7.19. The molecule has 0 bridgehead atoms. The van der Waals surface area contributed by atoms with Gasteiger partial charge in [0.1, 0.15) is 0 Å². The Bertz CT molecular complexity index is 1380. The third-order valence-electron chi connectivity index (χ3n) is 5.39. The number of fused-ring (bicyclic) bond motifs is 9. The molecule has 1 aliphatic rings. The van der Waals surface area contributed by atoms with Crippen LogP contribution in [0, 0.1) is 0 Å². The minimum Gasteiger partial charge on any atom is -0.134 e. The van der Waals surface area contributed by atoms with Crippen LogP contribution in [0.4, 0.5) is 0 Å². The number of halogens is 2. The highest BCUT2D eigenvalue weighted by atomic mass is 35.5. The van der Waals surface area contributed by atoms with Gasteiger partial charge in [0.25, 0.3) is 0 Å². The molecule has 0 spiro atoms. The van der Waals surface area contributed by atoms with Gasteiger partial charge in [0.15, 0.2) is 0 Å². The molecule has 0 unspecified atom stereocenters. The Morgan fingerprint density at radius 2 is 1.35 bits per heavy atom. The summed E-state index contributed by atoms with van der Waals surface area (Å²) in [6.07, 6.45) is 0.888. The van der Waals surface area contributed by atoms with E-state index in [1.165, 1.54) is 47.8 Å². The minimum atomic E-state index is 0.825. The summed E-state index contributed by atoms with van der Waals surface area (Å²) >= 11 is 15.1. The van der Waals surface area contributed by atoms with E-state index < -0.39 is 0 Å². The molecule has 0 saturated carbocycles. The van der Waals surface area contributed by atoms with Crippen LogP contribution in [0.2, 0.25) is 10.0 Å². The number of benzene rings is 4. The number of hydrogen-bond donors (Lipinski definition) is 0. The van der Waals surface area contributed by atoms with E-state index in [9.17, 15) is 0 Å². The molecule has 0 radical (unpaired) electrons. The first kappa shape index (κ1) is 15.0. The lowest BCUT2D eigenvalue weighted by Crippen LogP contribution is -1.84. The molecule has 0 atom stereocenters. The summed E-state index contributed by atoms with van der Waals surface area (Å²) in [7, 11) is 0. The largest absolute Gasteiger partial charge is 0.134 e. The van der Waals surface area contributed by atoms with Gasteiger partial charge in [-0.05, 0) is 46.7 Å². The Labute approximate surface area is 164 Å². The van der Waals surface area contributed by atoms with Crippen LogP contribution in [-0.4, -0.2) is 0 Å². The topological polar surface area (TPSA) is 0 Å². The van der Waals surface area contributed by atoms with E-state index in [1.807, 2.05) is 17.4 Å². The van der Waals surface area contributed by atoms with Crippen LogP contribution in [0.5, 0.6) is 0 Å². The van der Waals surface area contributed by atoms with Gasteiger partial charge in [-0.3, -0.25) is 0 Å². The average Bonchev–Trinajstić information content (AvgIpc) is 3.20. The Hall–Kier alpha value is -2.06. The lowest BCUT2D eigenvalue weighted by atomic mass is 9.97. The lowest BCUT2D eigenvalue weighted by molar-refractivity contribution is 1.27. The summed E-state index contributed by atoms with van der Waals surface area (Å²) in [6.45, 7) is 0. The molecule has 0 aliphatic heterocycles. The van der Waals surface area contributed by atoms with Crippen molar-refractivity contribution in [2.75, 3.05) is 0 Å². The summed E-state index contributed by atoms with van der Waals surface area (Å²) in [4.78, 5) is 0. The SMILES string of the molecule is Clc1cc2c(c3ccccc13)-c1c(cc(Cl)c3c1sc1ccccc13)C2. The van der Waals surface area contributed by atoms with E-state index in [0.29, 0.717) is 0 Å². The van der Waals surface area contributed by atoms with Crippen molar-refractivity contribution in [1.82, 2.24) is 0 Å². The number of hydrogen-bond acceptors (Lipinski definition) is 1. The molecule has 6 rings (SSSR count). The molecule has 0 nitrogen and oxygen atoms in total. The van der Waals surface area contributed by atoms with Crippen LogP contribution in [0.25, 0.3) is 42.1 Å². The molecule has 26 heavy (non-hydrogen) atoms. The highest BCUT2D eigenvalue weighted by Gasteiger charge is 2.27. The second-order valence-electron chi connectivity index (χ2n) is 6.81. The predicted octanol–water partition coefficient (Wildman–Crippen LogP) is 8.09. The third kappa shape index (κ3) is 1.86. The first-order valence-corrected chi connectivity index (χ1v) is 10.1. The molecular weight excluding hydrogens is 379 g/mol. The van der Waals surface area contributed by atoms with Crippen molar-refractivity contribution in [2.45, 2.75) is 6.42 Å². The second kappa shape index (κ2) is 5.23. The van der Waals surface area contributed by atoms with Crippen molar-refractivity contribution in [3.8, 4) is 11.1 Å². The molecule has 124 valence electrons. The van der Waals surface area contributed by atoms with Crippen molar-refractivity contribution in [3.05, 3.63) is 81.8 Å². The van der Waals surface area contributed by atoms with E-state index in [1.54, 1.807) is 0 Å². The zero-order valence-electron chi connectivity index (χ0n) is 13.6. The highest BCUT2D eigenvalue weighted by molar-refractivity contribution is 7.26. The summed E-state index contributed by atoms with van der Waals surface area (Å²) < 4.78 is 2.57. The fraction of sp³-hybridized carbons (Fsp3) is 0.0435. The number of thiophene rings is 1. The summed E-state index contributed by atoms with van der Waals surface area (Å²) in [5, 5.41) is 6.44. The Balaban J connectivity index is 1.85. The molecular formula is C23H12Cl2S. The fourth-order valence-corrected chi connectivity index (χ4v) is 6.32. The van der Waals surface area contributed by atoms with Gasteiger partial charge in [-0.1, -0.05) is 65.7 Å². The van der Waals surface area contributed by atoms with Gasteiger partial charge < -0.3 is 0 Å². The molecule has 0 fully saturated rings. The van der Waals surface area contributed by atoms with Crippen LogP contribution in [0.3, 0.4) is 0 Å². The minimum absolute atomic E-state index is 0.825. The van der Waals surface area contributed by atoms with Crippen molar-refractivity contribution >= 4 is 65.5 Å². The molecule has 1 aliphatic carbocycles. The van der Waals surface area contributed by atoms with Gasteiger partial charge in [0, 0.05) is 36.1 Å². The maximum atomic E-state index is 6.73. The van der Waals surface area contributed by atoms with Crippen molar-refractivity contribution in [3.63, 3.8) is 0 Å². The maximum absolute atomic E-state index is 6.73. The van der Waals surface area contributed by atoms with Gasteiger partial charge in [-0.25, -0.2) is 0 Å². The Morgan fingerprint density at radius 1 is 0.692 bits per heavy atom. The predicted molar refractivity (Wildman–Crippen MR) is 115 cm³/mol. The summed E-state index contributed by atoms with van der Waals surface area (Å²) in [5.41, 5.74) is 5.27. The Kier molecular flexibility index (Phi) is 3.03. The Morgan fingerprint density at radius 3 is 2.19 bits per heavy atom. The fourth-order valence-electron chi connectivity index (χ4n) is 4.34. The van der Waals surface area contributed by atoms with Crippen LogP contribution < -0.4 is 0 Å². The van der Waals surface area contributed by atoms with E-state index >= 15 is 0 Å². The van der Waals surface area contributed by atoms with Crippen molar-refractivity contribution < 1.29 is 0 Å². The molecule has 4 aromatic carbocycles. The van der Waals surface area contributed by atoms with Crippen LogP contribution in [0.15, 0.2) is 60.7 Å². The van der Waals surface area contributed by atoms with E-state index in [-0.39, 0.29) is 0 Å². The van der Waals surface area contributed by atoms with E-state index in [4.69, 9.17) is 23.2 Å². The van der Waals surface area contributed by atoms with Gasteiger partial charge in [-0.15, -0.1) is 11.3 Å². The van der Waals surface area contributed by atoms with Gasteiger partial charge in [-0.2, -0.15) is 0 Å². The number of rotatable bonds is 0. The van der Waals surface area contributed by atoms with Crippen LogP contribution in [-0.2, 0) is 6.42 Å². The molecule has 1 heterocycles. The average molecular weight is 391 g/mol.